The number of amides is 1. The van der Waals surface area contributed by atoms with E-state index in [1.807, 2.05) is 30.3 Å². The lowest BCUT2D eigenvalue weighted by Gasteiger charge is -2.12. The Balaban J connectivity index is 1.62. The zero-order chi connectivity index (χ0) is 20.1. The molecule has 0 saturated carbocycles. The summed E-state index contributed by atoms with van der Waals surface area (Å²) in [6.45, 7) is 0.220. The SMILES string of the molecule is O=C(NCCc1ccc(-c2cccnc2Cl)cc1)c1ccccc1C(F)(F)F. The van der Waals surface area contributed by atoms with Gasteiger partial charge in [-0.15, -0.1) is 0 Å². The van der Waals surface area contributed by atoms with Gasteiger partial charge in [-0.1, -0.05) is 48.0 Å². The molecule has 3 rings (SSSR count). The van der Waals surface area contributed by atoms with E-state index in [2.05, 4.69) is 10.3 Å². The van der Waals surface area contributed by atoms with Crippen molar-refractivity contribution >= 4 is 17.5 Å². The highest BCUT2D eigenvalue weighted by Gasteiger charge is 2.34. The summed E-state index contributed by atoms with van der Waals surface area (Å²) >= 11 is 6.08. The fraction of sp³-hybridized carbons (Fsp3) is 0.143. The predicted octanol–water partition coefficient (Wildman–Crippen LogP) is 5.39. The van der Waals surface area contributed by atoms with E-state index in [0.29, 0.717) is 11.6 Å². The number of carbonyl (C=O) groups is 1. The summed E-state index contributed by atoms with van der Waals surface area (Å²) in [5.41, 5.74) is 1.34. The van der Waals surface area contributed by atoms with E-state index < -0.39 is 17.6 Å². The first-order chi connectivity index (χ1) is 13.4. The molecule has 1 aromatic heterocycles. The third-order valence-electron chi connectivity index (χ3n) is 4.20. The molecule has 144 valence electrons. The highest BCUT2D eigenvalue weighted by Crippen LogP contribution is 2.31. The summed E-state index contributed by atoms with van der Waals surface area (Å²) in [5, 5.41) is 2.95. The molecule has 7 heteroatoms. The van der Waals surface area contributed by atoms with Gasteiger partial charge < -0.3 is 5.32 Å². The number of halogens is 4. The van der Waals surface area contributed by atoms with Crippen LogP contribution in [0.25, 0.3) is 11.1 Å². The van der Waals surface area contributed by atoms with Gasteiger partial charge in [-0.3, -0.25) is 4.79 Å². The largest absolute Gasteiger partial charge is 0.417 e. The Labute approximate surface area is 165 Å². The minimum absolute atomic E-state index is 0.220. The Morgan fingerprint density at radius 2 is 1.71 bits per heavy atom. The number of benzene rings is 2. The second kappa shape index (κ2) is 8.44. The van der Waals surface area contributed by atoms with Crippen LogP contribution in [-0.2, 0) is 12.6 Å². The molecule has 0 aliphatic heterocycles. The Morgan fingerprint density at radius 3 is 2.39 bits per heavy atom. The van der Waals surface area contributed by atoms with Gasteiger partial charge in [0.15, 0.2) is 0 Å². The van der Waals surface area contributed by atoms with Gasteiger partial charge in [0, 0.05) is 18.3 Å². The molecular formula is C21H16ClF3N2O. The molecule has 0 aliphatic carbocycles. The van der Waals surface area contributed by atoms with Crippen molar-refractivity contribution in [1.29, 1.82) is 0 Å². The Hall–Kier alpha value is -2.86. The lowest BCUT2D eigenvalue weighted by atomic mass is 10.0. The van der Waals surface area contributed by atoms with Crippen LogP contribution in [0.1, 0.15) is 21.5 Å². The first-order valence-electron chi connectivity index (χ1n) is 8.50. The van der Waals surface area contributed by atoms with Crippen LogP contribution < -0.4 is 5.32 Å². The third-order valence-corrected chi connectivity index (χ3v) is 4.50. The first-order valence-corrected chi connectivity index (χ1v) is 8.88. The van der Waals surface area contributed by atoms with E-state index >= 15 is 0 Å². The van der Waals surface area contributed by atoms with Crippen molar-refractivity contribution in [3.8, 4) is 11.1 Å². The summed E-state index contributed by atoms with van der Waals surface area (Å²) in [6.07, 6.45) is -2.47. The van der Waals surface area contributed by atoms with Crippen LogP contribution in [-0.4, -0.2) is 17.4 Å². The van der Waals surface area contributed by atoms with E-state index in [1.165, 1.54) is 18.2 Å². The van der Waals surface area contributed by atoms with Gasteiger partial charge in [0.2, 0.25) is 0 Å². The van der Waals surface area contributed by atoms with Crippen LogP contribution in [0.15, 0.2) is 66.9 Å². The highest BCUT2D eigenvalue weighted by molar-refractivity contribution is 6.32. The molecule has 0 radical (unpaired) electrons. The van der Waals surface area contributed by atoms with Crippen molar-refractivity contribution in [2.45, 2.75) is 12.6 Å². The van der Waals surface area contributed by atoms with Gasteiger partial charge in [-0.2, -0.15) is 13.2 Å². The minimum atomic E-state index is -4.57. The Morgan fingerprint density at radius 1 is 1.00 bits per heavy atom. The molecule has 1 amide bonds. The fourth-order valence-electron chi connectivity index (χ4n) is 2.80. The van der Waals surface area contributed by atoms with Crippen LogP contribution in [0, 0.1) is 0 Å². The topological polar surface area (TPSA) is 42.0 Å². The zero-order valence-corrected chi connectivity index (χ0v) is 15.4. The van der Waals surface area contributed by atoms with E-state index in [0.717, 1.165) is 22.8 Å². The first kappa shape index (κ1) is 19.9. The highest BCUT2D eigenvalue weighted by atomic mass is 35.5. The summed E-state index contributed by atoms with van der Waals surface area (Å²) < 4.78 is 39.0. The van der Waals surface area contributed by atoms with Gasteiger partial charge in [0.1, 0.15) is 5.15 Å². The van der Waals surface area contributed by atoms with Crippen molar-refractivity contribution < 1.29 is 18.0 Å². The summed E-state index contributed by atoms with van der Waals surface area (Å²) in [4.78, 5) is 16.2. The third kappa shape index (κ3) is 4.70. The molecular weight excluding hydrogens is 389 g/mol. The number of rotatable bonds is 5. The molecule has 0 unspecified atom stereocenters. The second-order valence-electron chi connectivity index (χ2n) is 6.09. The van der Waals surface area contributed by atoms with Crippen LogP contribution in [0.5, 0.6) is 0 Å². The maximum absolute atomic E-state index is 13.0. The lowest BCUT2D eigenvalue weighted by Crippen LogP contribution is -2.28. The normalized spacial score (nSPS) is 11.3. The second-order valence-corrected chi connectivity index (χ2v) is 6.45. The van der Waals surface area contributed by atoms with E-state index in [9.17, 15) is 18.0 Å². The Kier molecular flexibility index (Phi) is 5.99. The molecule has 0 fully saturated rings. The van der Waals surface area contributed by atoms with Crippen LogP contribution in [0.2, 0.25) is 5.15 Å². The van der Waals surface area contributed by atoms with Gasteiger partial charge >= 0.3 is 6.18 Å². The molecule has 2 aromatic carbocycles. The van der Waals surface area contributed by atoms with Gasteiger partial charge in [0.25, 0.3) is 5.91 Å². The van der Waals surface area contributed by atoms with Gasteiger partial charge in [0.05, 0.1) is 11.1 Å². The van der Waals surface area contributed by atoms with Crippen molar-refractivity contribution in [2.75, 3.05) is 6.54 Å². The minimum Gasteiger partial charge on any atom is -0.352 e. The number of aromatic nitrogens is 1. The molecule has 3 nitrogen and oxygen atoms in total. The van der Waals surface area contributed by atoms with Crippen LogP contribution in [0.3, 0.4) is 0 Å². The van der Waals surface area contributed by atoms with Gasteiger partial charge in [-0.25, -0.2) is 4.98 Å². The standard InChI is InChI=1S/C21H16ClF3N2O/c22-19-16(5-3-12-26-19)15-9-7-14(8-10-15)11-13-27-20(28)17-4-1-2-6-18(17)21(23,24)25/h1-10,12H,11,13H2,(H,27,28). The molecule has 0 saturated heterocycles. The average Bonchev–Trinajstić information content (AvgIpc) is 2.68. The quantitative estimate of drug-likeness (QED) is 0.579. The van der Waals surface area contributed by atoms with E-state index in [1.54, 1.807) is 12.3 Å². The molecule has 3 aromatic rings. The van der Waals surface area contributed by atoms with E-state index in [-0.39, 0.29) is 12.1 Å². The maximum Gasteiger partial charge on any atom is 0.417 e. The van der Waals surface area contributed by atoms with E-state index in [4.69, 9.17) is 11.6 Å². The molecule has 28 heavy (non-hydrogen) atoms. The monoisotopic (exact) mass is 404 g/mol. The smallest absolute Gasteiger partial charge is 0.352 e. The van der Waals surface area contributed by atoms with Crippen LogP contribution >= 0.6 is 11.6 Å². The fourth-order valence-corrected chi connectivity index (χ4v) is 3.02. The summed E-state index contributed by atoms with van der Waals surface area (Å²) in [6, 6.07) is 15.9. The number of hydrogen-bond donors (Lipinski definition) is 1. The van der Waals surface area contributed by atoms with Crippen LogP contribution in [0.4, 0.5) is 13.2 Å². The zero-order valence-electron chi connectivity index (χ0n) is 14.6. The molecule has 1 N–H and O–H groups in total. The average molecular weight is 405 g/mol. The Bertz CT molecular complexity index is 972. The molecule has 0 spiro atoms. The predicted molar refractivity (Wildman–Crippen MR) is 102 cm³/mol. The molecule has 0 aliphatic rings. The summed E-state index contributed by atoms with van der Waals surface area (Å²) in [7, 11) is 0. The lowest BCUT2D eigenvalue weighted by molar-refractivity contribution is -0.137. The summed E-state index contributed by atoms with van der Waals surface area (Å²) in [5.74, 6) is -0.744. The molecule has 0 atom stereocenters. The molecule has 1 heterocycles. The molecule has 0 bridgehead atoms. The number of alkyl halides is 3. The number of carbonyl (C=O) groups excluding carboxylic acids is 1. The van der Waals surface area contributed by atoms with Crippen molar-refractivity contribution in [1.82, 2.24) is 10.3 Å². The van der Waals surface area contributed by atoms with Gasteiger partial charge in [-0.05, 0) is 41.8 Å². The van der Waals surface area contributed by atoms with Crippen molar-refractivity contribution in [2.24, 2.45) is 0 Å². The van der Waals surface area contributed by atoms with Crippen molar-refractivity contribution in [3.63, 3.8) is 0 Å². The number of pyridine rings is 1. The van der Waals surface area contributed by atoms with Crippen molar-refractivity contribution in [3.05, 3.63) is 88.7 Å². The maximum atomic E-state index is 13.0. The number of hydrogen-bond acceptors (Lipinski definition) is 2. The number of nitrogens with zero attached hydrogens (tertiary/aromatic N) is 1. The number of nitrogens with one attached hydrogen (secondary N) is 1.